The van der Waals surface area contributed by atoms with Crippen LogP contribution in [0.5, 0.6) is 0 Å². The lowest BCUT2D eigenvalue weighted by Crippen LogP contribution is -2.40. The molecule has 0 aromatic heterocycles. The van der Waals surface area contributed by atoms with Crippen molar-refractivity contribution >= 4 is 0 Å². The van der Waals surface area contributed by atoms with Crippen LogP contribution in [-0.2, 0) is 5.92 Å². The molecule has 0 amide bonds. The summed E-state index contributed by atoms with van der Waals surface area (Å²) in [5.41, 5.74) is 5.74. The number of aryl methyl sites for hydroxylation is 2. The first-order chi connectivity index (χ1) is 7.22. The monoisotopic (exact) mass is 227 g/mol. The van der Waals surface area contributed by atoms with E-state index < -0.39 is 11.3 Å². The highest BCUT2D eigenvalue weighted by atomic mass is 19.3. The smallest absolute Gasteiger partial charge is 0.279 e. The quantitative estimate of drug-likeness (QED) is 0.841. The van der Waals surface area contributed by atoms with E-state index in [0.29, 0.717) is 5.56 Å². The van der Waals surface area contributed by atoms with E-state index in [1.54, 1.807) is 19.1 Å². The van der Waals surface area contributed by atoms with Gasteiger partial charge in [0.1, 0.15) is 0 Å². The topological polar surface area (TPSA) is 26.0 Å². The average molecular weight is 227 g/mol. The van der Waals surface area contributed by atoms with Crippen molar-refractivity contribution in [3.05, 3.63) is 34.9 Å². The maximum Gasteiger partial charge on any atom is 0.279 e. The molecule has 16 heavy (non-hydrogen) atoms. The Morgan fingerprint density at radius 3 is 2.25 bits per heavy atom. The highest BCUT2D eigenvalue weighted by Crippen LogP contribution is 2.45. The zero-order valence-corrected chi connectivity index (χ0v) is 10.3. The first-order valence-corrected chi connectivity index (χ1v) is 5.38. The fraction of sp³-hybridized carbons (Fsp3) is 0.538. The maximum absolute atomic E-state index is 14.3. The normalized spacial score (nSPS) is 12.9. The van der Waals surface area contributed by atoms with Crippen molar-refractivity contribution in [1.29, 1.82) is 0 Å². The summed E-state index contributed by atoms with van der Waals surface area (Å²) in [6, 6.07) is 5.11. The van der Waals surface area contributed by atoms with Gasteiger partial charge in [-0.15, -0.1) is 0 Å². The minimum Gasteiger partial charge on any atom is -0.330 e. The summed E-state index contributed by atoms with van der Waals surface area (Å²) in [5.74, 6) is -2.90. The van der Waals surface area contributed by atoms with Crippen molar-refractivity contribution < 1.29 is 8.78 Å². The fourth-order valence-corrected chi connectivity index (χ4v) is 1.57. The number of hydrogen-bond donors (Lipinski definition) is 1. The Kier molecular flexibility index (Phi) is 3.38. The molecule has 0 atom stereocenters. The van der Waals surface area contributed by atoms with Crippen LogP contribution in [0.2, 0.25) is 0 Å². The van der Waals surface area contributed by atoms with Crippen LogP contribution < -0.4 is 5.73 Å². The summed E-state index contributed by atoms with van der Waals surface area (Å²) >= 11 is 0. The molecule has 3 heteroatoms. The Morgan fingerprint density at radius 1 is 1.19 bits per heavy atom. The molecule has 0 aliphatic heterocycles. The van der Waals surface area contributed by atoms with E-state index in [9.17, 15) is 8.78 Å². The van der Waals surface area contributed by atoms with Gasteiger partial charge >= 0.3 is 0 Å². The molecule has 2 N–H and O–H groups in total. The van der Waals surface area contributed by atoms with Gasteiger partial charge in [0.25, 0.3) is 5.92 Å². The lowest BCUT2D eigenvalue weighted by molar-refractivity contribution is -0.109. The summed E-state index contributed by atoms with van der Waals surface area (Å²) in [4.78, 5) is 0. The molecule has 1 rings (SSSR count). The van der Waals surface area contributed by atoms with Crippen LogP contribution in [0.4, 0.5) is 8.78 Å². The number of nitrogens with two attached hydrogens (primary N) is 1. The second kappa shape index (κ2) is 4.13. The predicted molar refractivity (Wildman–Crippen MR) is 62.6 cm³/mol. The molecular weight excluding hydrogens is 208 g/mol. The van der Waals surface area contributed by atoms with E-state index in [0.717, 1.165) is 5.56 Å². The summed E-state index contributed by atoms with van der Waals surface area (Å²) in [7, 11) is 0. The molecule has 0 saturated carbocycles. The first-order valence-electron chi connectivity index (χ1n) is 5.38. The third-order valence-electron chi connectivity index (χ3n) is 3.09. The average Bonchev–Trinajstić information content (AvgIpc) is 2.21. The van der Waals surface area contributed by atoms with Crippen LogP contribution in [0, 0.1) is 19.3 Å². The Balaban J connectivity index is 3.31. The van der Waals surface area contributed by atoms with E-state index in [-0.39, 0.29) is 12.1 Å². The maximum atomic E-state index is 14.3. The third-order valence-corrected chi connectivity index (χ3v) is 3.09. The molecule has 1 aromatic rings. The van der Waals surface area contributed by atoms with E-state index >= 15 is 0 Å². The van der Waals surface area contributed by atoms with E-state index in [2.05, 4.69) is 0 Å². The van der Waals surface area contributed by atoms with E-state index in [1.807, 2.05) is 13.0 Å². The van der Waals surface area contributed by atoms with Crippen LogP contribution in [-0.4, -0.2) is 6.54 Å². The lowest BCUT2D eigenvalue weighted by atomic mass is 9.80. The molecule has 1 aromatic carbocycles. The second-order valence-electron chi connectivity index (χ2n) is 4.98. The first kappa shape index (κ1) is 13.1. The molecule has 0 spiro atoms. The third kappa shape index (κ3) is 2.09. The molecular formula is C13H19F2N. The van der Waals surface area contributed by atoms with Crippen molar-refractivity contribution in [2.75, 3.05) is 6.54 Å². The van der Waals surface area contributed by atoms with Crippen LogP contribution in [0.1, 0.15) is 30.5 Å². The van der Waals surface area contributed by atoms with Crippen LogP contribution in [0.3, 0.4) is 0 Å². The number of hydrogen-bond acceptors (Lipinski definition) is 1. The van der Waals surface area contributed by atoms with Gasteiger partial charge in [0.2, 0.25) is 0 Å². The molecule has 0 radical (unpaired) electrons. The zero-order chi connectivity index (χ0) is 12.6. The van der Waals surface area contributed by atoms with Gasteiger partial charge in [0.15, 0.2) is 0 Å². The molecule has 0 fully saturated rings. The Morgan fingerprint density at radius 2 is 1.75 bits per heavy atom. The van der Waals surface area contributed by atoms with E-state index in [1.165, 1.54) is 13.8 Å². The molecule has 0 aliphatic rings. The van der Waals surface area contributed by atoms with Crippen LogP contribution in [0.25, 0.3) is 0 Å². The highest BCUT2D eigenvalue weighted by Gasteiger charge is 2.47. The van der Waals surface area contributed by atoms with Crippen molar-refractivity contribution in [2.24, 2.45) is 11.1 Å². The van der Waals surface area contributed by atoms with Crippen molar-refractivity contribution in [1.82, 2.24) is 0 Å². The largest absolute Gasteiger partial charge is 0.330 e. The lowest BCUT2D eigenvalue weighted by Gasteiger charge is -2.34. The summed E-state index contributed by atoms with van der Waals surface area (Å²) in [6.45, 7) is 6.46. The number of alkyl halides is 2. The SMILES string of the molecule is Cc1ccc(C)c(C(F)(F)C(C)(C)CN)c1. The van der Waals surface area contributed by atoms with Crippen LogP contribution in [0.15, 0.2) is 18.2 Å². The standard InChI is InChI=1S/C13H19F2N/c1-9-5-6-10(2)11(7-9)13(14,15)12(3,4)8-16/h5-7H,8,16H2,1-4H3. The fourth-order valence-electron chi connectivity index (χ4n) is 1.57. The Bertz CT molecular complexity index is 384. The van der Waals surface area contributed by atoms with Gasteiger partial charge in [0.05, 0.1) is 0 Å². The molecule has 90 valence electrons. The number of halogens is 2. The Labute approximate surface area is 95.7 Å². The van der Waals surface area contributed by atoms with Gasteiger partial charge in [-0.05, 0) is 25.5 Å². The summed E-state index contributed by atoms with van der Waals surface area (Å²) in [5, 5.41) is 0. The summed E-state index contributed by atoms with van der Waals surface area (Å²) in [6.07, 6.45) is 0. The summed E-state index contributed by atoms with van der Waals surface area (Å²) < 4.78 is 28.6. The predicted octanol–water partition coefficient (Wildman–Crippen LogP) is 3.38. The zero-order valence-electron chi connectivity index (χ0n) is 10.3. The van der Waals surface area contributed by atoms with Gasteiger partial charge in [0, 0.05) is 17.5 Å². The van der Waals surface area contributed by atoms with E-state index in [4.69, 9.17) is 5.73 Å². The second-order valence-corrected chi connectivity index (χ2v) is 4.98. The van der Waals surface area contributed by atoms with Crippen molar-refractivity contribution in [3.8, 4) is 0 Å². The molecule has 0 bridgehead atoms. The molecule has 1 nitrogen and oxygen atoms in total. The van der Waals surface area contributed by atoms with Gasteiger partial charge < -0.3 is 5.73 Å². The van der Waals surface area contributed by atoms with Crippen molar-refractivity contribution in [3.63, 3.8) is 0 Å². The molecule has 0 saturated heterocycles. The van der Waals surface area contributed by atoms with Crippen LogP contribution >= 0.6 is 0 Å². The Hall–Kier alpha value is -0.960. The minimum atomic E-state index is -2.90. The van der Waals surface area contributed by atoms with Gasteiger partial charge in [-0.1, -0.05) is 31.5 Å². The minimum absolute atomic E-state index is 0.0482. The van der Waals surface area contributed by atoms with Gasteiger partial charge in [-0.25, -0.2) is 8.78 Å². The van der Waals surface area contributed by atoms with Gasteiger partial charge in [-0.3, -0.25) is 0 Å². The molecule has 0 unspecified atom stereocenters. The number of benzene rings is 1. The van der Waals surface area contributed by atoms with Crippen molar-refractivity contribution in [2.45, 2.75) is 33.6 Å². The highest BCUT2D eigenvalue weighted by molar-refractivity contribution is 5.35. The number of rotatable bonds is 3. The van der Waals surface area contributed by atoms with Gasteiger partial charge in [-0.2, -0.15) is 0 Å². The molecule has 0 aliphatic carbocycles. The molecule has 0 heterocycles.